The number of benzene rings is 5. The summed E-state index contributed by atoms with van der Waals surface area (Å²) in [7, 11) is 0. The normalized spacial score (nSPS) is 19.9. The van der Waals surface area contributed by atoms with E-state index in [4.69, 9.17) is 0 Å². The van der Waals surface area contributed by atoms with E-state index in [1.165, 1.54) is 100 Å². The highest BCUT2D eigenvalue weighted by molar-refractivity contribution is 5.97. The van der Waals surface area contributed by atoms with E-state index in [-0.39, 0.29) is 10.8 Å². The quantitative estimate of drug-likeness (QED) is 0.207. The van der Waals surface area contributed by atoms with Gasteiger partial charge in [-0.05, 0) is 158 Å². The van der Waals surface area contributed by atoms with E-state index in [0.29, 0.717) is 0 Å². The minimum absolute atomic E-state index is 0.233. The van der Waals surface area contributed by atoms with Crippen LogP contribution in [0.25, 0.3) is 22.3 Å². The van der Waals surface area contributed by atoms with Gasteiger partial charge < -0.3 is 0 Å². The lowest BCUT2D eigenvalue weighted by atomic mass is 9.68. The average molecular weight is 547 g/mol. The fourth-order valence-corrected chi connectivity index (χ4v) is 8.44. The van der Waals surface area contributed by atoms with Gasteiger partial charge in [-0.3, -0.25) is 0 Å². The van der Waals surface area contributed by atoms with Gasteiger partial charge in [-0.1, -0.05) is 83.9 Å². The molecule has 2 atom stereocenters. The third kappa shape index (κ3) is 3.30. The summed E-state index contributed by atoms with van der Waals surface area (Å²) in [6.07, 6.45) is 0. The first-order chi connectivity index (χ1) is 19.9. The van der Waals surface area contributed by atoms with E-state index in [1.54, 1.807) is 0 Å². The molecule has 5 aromatic carbocycles. The van der Waals surface area contributed by atoms with Gasteiger partial charge in [0.15, 0.2) is 0 Å². The van der Waals surface area contributed by atoms with Crippen LogP contribution in [0.2, 0.25) is 0 Å². The summed E-state index contributed by atoms with van der Waals surface area (Å²) in [6.45, 7) is 23.2. The van der Waals surface area contributed by atoms with Crippen LogP contribution >= 0.6 is 0 Å². The van der Waals surface area contributed by atoms with Gasteiger partial charge in [-0.25, -0.2) is 0 Å². The van der Waals surface area contributed by atoms with Gasteiger partial charge in [0.2, 0.25) is 0 Å². The monoisotopic (exact) mass is 546 g/mol. The topological polar surface area (TPSA) is 0 Å². The first-order valence-corrected chi connectivity index (χ1v) is 15.5. The Hall–Kier alpha value is -3.90. The van der Waals surface area contributed by atoms with Gasteiger partial charge in [-0.2, -0.15) is 0 Å². The van der Waals surface area contributed by atoms with Crippen LogP contribution < -0.4 is 0 Å². The van der Waals surface area contributed by atoms with Crippen LogP contribution in [0.1, 0.15) is 91.7 Å². The molecule has 0 nitrogen and oxygen atoms in total. The van der Waals surface area contributed by atoms with Crippen molar-refractivity contribution in [2.75, 3.05) is 0 Å². The standard InChI is InChI=1S/C42H42/c1-23-11-15-31(16-12-23)41(9)35-21-27(5)25(3)19-33(35)37-30(8)40-38(29(7)39(37)41)34-20-26(4)28(6)22-36(34)42(40,10)32-17-13-24(2)14-18-32/h11-22H,1-10H3. The van der Waals surface area contributed by atoms with Crippen molar-refractivity contribution < 1.29 is 0 Å². The van der Waals surface area contributed by atoms with E-state index in [9.17, 15) is 0 Å². The smallest absolute Gasteiger partial charge is 0.0438 e. The Morgan fingerprint density at radius 1 is 0.405 bits per heavy atom. The van der Waals surface area contributed by atoms with Crippen LogP contribution in [0, 0.1) is 55.4 Å². The van der Waals surface area contributed by atoms with Crippen LogP contribution in [0.3, 0.4) is 0 Å². The molecule has 0 bridgehead atoms. The first-order valence-electron chi connectivity index (χ1n) is 15.5. The predicted molar refractivity (Wildman–Crippen MR) is 179 cm³/mol. The van der Waals surface area contributed by atoms with Crippen molar-refractivity contribution >= 4 is 0 Å². The summed E-state index contributed by atoms with van der Waals surface area (Å²) in [5.41, 5.74) is 24.8. The van der Waals surface area contributed by atoms with Crippen molar-refractivity contribution in [3.63, 3.8) is 0 Å². The summed E-state index contributed by atoms with van der Waals surface area (Å²) >= 11 is 0. The zero-order valence-corrected chi connectivity index (χ0v) is 26.9. The number of rotatable bonds is 2. The van der Waals surface area contributed by atoms with Crippen LogP contribution in [-0.2, 0) is 10.8 Å². The highest BCUT2D eigenvalue weighted by atomic mass is 14.5. The van der Waals surface area contributed by atoms with Crippen molar-refractivity contribution in [3.8, 4) is 22.3 Å². The van der Waals surface area contributed by atoms with Gasteiger partial charge in [-0.15, -0.1) is 0 Å². The molecule has 0 N–H and O–H groups in total. The second kappa shape index (κ2) is 8.81. The predicted octanol–water partition coefficient (Wildman–Crippen LogP) is 10.8. The van der Waals surface area contributed by atoms with Crippen LogP contribution in [0.5, 0.6) is 0 Å². The Balaban J connectivity index is 1.67. The Labute approximate surface area is 252 Å². The lowest BCUT2D eigenvalue weighted by molar-refractivity contribution is 0.695. The summed E-state index contributed by atoms with van der Waals surface area (Å²) < 4.78 is 0. The second-order valence-corrected chi connectivity index (χ2v) is 13.7. The molecule has 2 aliphatic rings. The number of aryl methyl sites for hydroxylation is 6. The molecule has 210 valence electrons. The lowest BCUT2D eigenvalue weighted by Gasteiger charge is -2.33. The molecule has 0 heteroatoms. The minimum atomic E-state index is -0.233. The van der Waals surface area contributed by atoms with Gasteiger partial charge in [0.25, 0.3) is 0 Å². The summed E-state index contributed by atoms with van der Waals surface area (Å²) in [6, 6.07) is 28.5. The SMILES string of the molecule is Cc1ccc(C2(C)c3cc(C)c(C)cc3-c3c(C)c4c(c(C)c32)-c2cc(C)c(C)cc2C4(C)c2ccc(C)cc2)cc1. The maximum absolute atomic E-state index is 2.48. The molecule has 0 heterocycles. The van der Waals surface area contributed by atoms with E-state index in [1.807, 2.05) is 0 Å². The van der Waals surface area contributed by atoms with E-state index in [2.05, 4.69) is 142 Å². The van der Waals surface area contributed by atoms with Crippen molar-refractivity contribution in [1.82, 2.24) is 0 Å². The molecule has 0 fully saturated rings. The van der Waals surface area contributed by atoms with E-state index in [0.717, 1.165) is 0 Å². The largest absolute Gasteiger partial charge is 0.0590 e. The third-order valence-corrected chi connectivity index (χ3v) is 11.1. The highest BCUT2D eigenvalue weighted by Gasteiger charge is 2.49. The zero-order valence-electron chi connectivity index (χ0n) is 26.9. The molecular formula is C42H42. The minimum Gasteiger partial charge on any atom is -0.0590 e. The number of hydrogen-bond donors (Lipinski definition) is 0. The van der Waals surface area contributed by atoms with Gasteiger partial charge >= 0.3 is 0 Å². The number of fused-ring (bicyclic) bond motifs is 6. The van der Waals surface area contributed by atoms with Crippen LogP contribution in [-0.4, -0.2) is 0 Å². The molecule has 0 saturated carbocycles. The van der Waals surface area contributed by atoms with Gasteiger partial charge in [0.1, 0.15) is 0 Å². The molecule has 2 aliphatic carbocycles. The van der Waals surface area contributed by atoms with E-state index < -0.39 is 0 Å². The van der Waals surface area contributed by atoms with Crippen molar-refractivity contribution in [1.29, 1.82) is 0 Å². The molecule has 0 amide bonds. The van der Waals surface area contributed by atoms with Gasteiger partial charge in [0, 0.05) is 10.8 Å². The maximum Gasteiger partial charge on any atom is 0.0438 e. The fourth-order valence-electron chi connectivity index (χ4n) is 8.44. The number of hydrogen-bond acceptors (Lipinski definition) is 0. The average Bonchev–Trinajstić information content (AvgIpc) is 3.36. The molecule has 0 spiro atoms. The first kappa shape index (κ1) is 27.0. The molecule has 0 radical (unpaired) electrons. The third-order valence-electron chi connectivity index (χ3n) is 11.1. The van der Waals surface area contributed by atoms with Crippen LogP contribution in [0.4, 0.5) is 0 Å². The second-order valence-electron chi connectivity index (χ2n) is 13.7. The molecular weight excluding hydrogens is 504 g/mol. The van der Waals surface area contributed by atoms with Crippen molar-refractivity contribution in [2.24, 2.45) is 0 Å². The summed E-state index contributed by atoms with van der Waals surface area (Å²) in [5, 5.41) is 0. The Bertz CT molecular complexity index is 1800. The molecule has 0 aliphatic heterocycles. The summed E-state index contributed by atoms with van der Waals surface area (Å²) in [4.78, 5) is 0. The summed E-state index contributed by atoms with van der Waals surface area (Å²) in [5.74, 6) is 0. The Morgan fingerprint density at radius 3 is 1.05 bits per heavy atom. The molecule has 0 aromatic heterocycles. The van der Waals surface area contributed by atoms with Crippen molar-refractivity contribution in [3.05, 3.63) is 151 Å². The highest BCUT2D eigenvalue weighted by Crippen LogP contribution is 2.63. The molecule has 5 aromatic rings. The van der Waals surface area contributed by atoms with E-state index >= 15 is 0 Å². The van der Waals surface area contributed by atoms with Crippen molar-refractivity contribution in [2.45, 2.75) is 80.1 Å². The molecule has 7 rings (SSSR count). The maximum atomic E-state index is 2.48. The lowest BCUT2D eigenvalue weighted by Crippen LogP contribution is -2.26. The molecule has 0 saturated heterocycles. The molecule has 42 heavy (non-hydrogen) atoms. The fraction of sp³-hybridized carbons (Fsp3) is 0.286. The molecule has 2 unspecified atom stereocenters. The Kier molecular flexibility index (Phi) is 5.65. The van der Waals surface area contributed by atoms with Crippen LogP contribution in [0.15, 0.2) is 72.8 Å². The zero-order chi connectivity index (χ0) is 29.9. The van der Waals surface area contributed by atoms with Gasteiger partial charge in [0.05, 0.1) is 0 Å². The Morgan fingerprint density at radius 2 is 0.714 bits per heavy atom.